The molecular weight excluding hydrogens is 297 g/mol. The van der Waals surface area contributed by atoms with Crippen molar-refractivity contribution in [3.8, 4) is 11.5 Å². The van der Waals surface area contributed by atoms with Crippen molar-refractivity contribution < 1.29 is 18.7 Å². The standard InChI is InChI=1S/C18H20FNO3/c1-13-3-7-17(8-4-13)23-14(2)18(21)20-11-12-22-16-9-5-15(19)6-10-16/h3-10,14H,11-12H2,1-2H3,(H,20,21). The fourth-order valence-corrected chi connectivity index (χ4v) is 1.89. The minimum Gasteiger partial charge on any atom is -0.492 e. The number of benzene rings is 2. The van der Waals surface area contributed by atoms with Gasteiger partial charge in [0.1, 0.15) is 23.9 Å². The Morgan fingerprint density at radius 2 is 1.70 bits per heavy atom. The summed E-state index contributed by atoms with van der Waals surface area (Å²) in [6.07, 6.45) is -0.594. The second-order valence-corrected chi connectivity index (χ2v) is 5.17. The number of hydrogen-bond acceptors (Lipinski definition) is 3. The highest BCUT2D eigenvalue weighted by molar-refractivity contribution is 5.80. The van der Waals surface area contributed by atoms with Crippen LogP contribution >= 0.6 is 0 Å². The van der Waals surface area contributed by atoms with Crippen molar-refractivity contribution in [3.63, 3.8) is 0 Å². The van der Waals surface area contributed by atoms with E-state index >= 15 is 0 Å². The molecule has 1 atom stereocenters. The molecule has 4 nitrogen and oxygen atoms in total. The maximum absolute atomic E-state index is 12.7. The lowest BCUT2D eigenvalue weighted by Crippen LogP contribution is -2.38. The van der Waals surface area contributed by atoms with Gasteiger partial charge in [0.05, 0.1) is 6.54 Å². The highest BCUT2D eigenvalue weighted by Gasteiger charge is 2.13. The number of nitrogens with one attached hydrogen (secondary N) is 1. The third kappa shape index (κ3) is 5.62. The van der Waals surface area contributed by atoms with Crippen molar-refractivity contribution in [1.29, 1.82) is 0 Å². The first-order chi connectivity index (χ1) is 11.0. The number of carbonyl (C=O) groups excluding carboxylic acids is 1. The smallest absolute Gasteiger partial charge is 0.260 e. The second-order valence-electron chi connectivity index (χ2n) is 5.17. The molecule has 0 saturated heterocycles. The summed E-state index contributed by atoms with van der Waals surface area (Å²) in [5, 5.41) is 2.73. The van der Waals surface area contributed by atoms with Crippen molar-refractivity contribution in [2.24, 2.45) is 0 Å². The van der Waals surface area contributed by atoms with E-state index in [0.717, 1.165) is 5.56 Å². The molecule has 2 aromatic rings. The second kappa shape index (κ2) is 8.17. The average molecular weight is 317 g/mol. The van der Waals surface area contributed by atoms with Crippen molar-refractivity contribution in [1.82, 2.24) is 5.32 Å². The predicted molar refractivity (Wildman–Crippen MR) is 86.2 cm³/mol. The topological polar surface area (TPSA) is 47.6 Å². The zero-order chi connectivity index (χ0) is 16.7. The molecule has 122 valence electrons. The van der Waals surface area contributed by atoms with Crippen LogP contribution in [0.15, 0.2) is 48.5 Å². The molecule has 0 aliphatic carbocycles. The summed E-state index contributed by atoms with van der Waals surface area (Å²) in [7, 11) is 0. The lowest BCUT2D eigenvalue weighted by Gasteiger charge is -2.15. The Bertz CT molecular complexity index is 626. The highest BCUT2D eigenvalue weighted by Crippen LogP contribution is 2.13. The molecule has 0 radical (unpaired) electrons. The Kier molecular flexibility index (Phi) is 5.97. The van der Waals surface area contributed by atoms with E-state index in [0.29, 0.717) is 24.7 Å². The van der Waals surface area contributed by atoms with E-state index in [9.17, 15) is 9.18 Å². The van der Waals surface area contributed by atoms with Crippen LogP contribution < -0.4 is 14.8 Å². The fourth-order valence-electron chi connectivity index (χ4n) is 1.89. The molecule has 0 saturated carbocycles. The van der Waals surface area contributed by atoms with Crippen LogP contribution in [0.5, 0.6) is 11.5 Å². The van der Waals surface area contributed by atoms with Crippen LogP contribution in [0.25, 0.3) is 0 Å². The molecule has 2 aromatic carbocycles. The molecule has 2 rings (SSSR count). The molecule has 0 heterocycles. The number of rotatable bonds is 7. The molecule has 23 heavy (non-hydrogen) atoms. The molecule has 0 aromatic heterocycles. The van der Waals surface area contributed by atoms with Crippen LogP contribution in [-0.4, -0.2) is 25.2 Å². The van der Waals surface area contributed by atoms with Gasteiger partial charge in [0.15, 0.2) is 6.10 Å². The van der Waals surface area contributed by atoms with Crippen molar-refractivity contribution in [3.05, 3.63) is 59.9 Å². The first-order valence-electron chi connectivity index (χ1n) is 7.44. The summed E-state index contributed by atoms with van der Waals surface area (Å²) >= 11 is 0. The highest BCUT2D eigenvalue weighted by atomic mass is 19.1. The zero-order valence-corrected chi connectivity index (χ0v) is 13.2. The van der Waals surface area contributed by atoms with E-state index in [1.807, 2.05) is 31.2 Å². The van der Waals surface area contributed by atoms with Gasteiger partial charge < -0.3 is 14.8 Å². The van der Waals surface area contributed by atoms with Gasteiger partial charge in [0, 0.05) is 0 Å². The SMILES string of the molecule is Cc1ccc(OC(C)C(=O)NCCOc2ccc(F)cc2)cc1. The van der Waals surface area contributed by atoms with Crippen LogP contribution in [0.1, 0.15) is 12.5 Å². The van der Waals surface area contributed by atoms with E-state index in [4.69, 9.17) is 9.47 Å². The fraction of sp³-hybridized carbons (Fsp3) is 0.278. The summed E-state index contributed by atoms with van der Waals surface area (Å²) in [5.41, 5.74) is 1.13. The molecule has 0 spiro atoms. The zero-order valence-electron chi connectivity index (χ0n) is 13.2. The van der Waals surface area contributed by atoms with Crippen LogP contribution in [0, 0.1) is 12.7 Å². The largest absolute Gasteiger partial charge is 0.492 e. The Labute approximate surface area is 135 Å². The van der Waals surface area contributed by atoms with Crippen molar-refractivity contribution >= 4 is 5.91 Å². The van der Waals surface area contributed by atoms with Gasteiger partial charge in [0.2, 0.25) is 0 Å². The summed E-state index contributed by atoms with van der Waals surface area (Å²) in [6.45, 7) is 4.32. The summed E-state index contributed by atoms with van der Waals surface area (Å²) in [4.78, 5) is 11.9. The van der Waals surface area contributed by atoms with Crippen LogP contribution in [0.3, 0.4) is 0 Å². The Hall–Kier alpha value is -2.56. The van der Waals surface area contributed by atoms with Gasteiger partial charge >= 0.3 is 0 Å². The van der Waals surface area contributed by atoms with Gasteiger partial charge in [-0.15, -0.1) is 0 Å². The third-order valence-corrected chi connectivity index (χ3v) is 3.19. The van der Waals surface area contributed by atoms with Crippen molar-refractivity contribution in [2.45, 2.75) is 20.0 Å². The lowest BCUT2D eigenvalue weighted by molar-refractivity contribution is -0.127. The maximum Gasteiger partial charge on any atom is 0.260 e. The number of carbonyl (C=O) groups is 1. The number of ether oxygens (including phenoxy) is 2. The van der Waals surface area contributed by atoms with Gasteiger partial charge in [-0.3, -0.25) is 4.79 Å². The summed E-state index contributed by atoms with van der Waals surface area (Å²) in [6, 6.07) is 13.2. The van der Waals surface area contributed by atoms with Crippen LogP contribution in [0.4, 0.5) is 4.39 Å². The molecule has 1 unspecified atom stereocenters. The van der Waals surface area contributed by atoms with Gasteiger partial charge in [-0.05, 0) is 50.2 Å². The van der Waals surface area contributed by atoms with Gasteiger partial charge in [0.25, 0.3) is 5.91 Å². The molecule has 0 aliphatic heterocycles. The van der Waals surface area contributed by atoms with E-state index in [1.54, 1.807) is 19.1 Å². The molecule has 1 N–H and O–H groups in total. The molecule has 1 amide bonds. The average Bonchev–Trinajstić information content (AvgIpc) is 2.55. The summed E-state index contributed by atoms with van der Waals surface area (Å²) in [5.74, 6) is 0.687. The number of aryl methyl sites for hydroxylation is 1. The maximum atomic E-state index is 12.7. The Morgan fingerprint density at radius 1 is 1.09 bits per heavy atom. The number of halogens is 1. The molecule has 5 heteroatoms. The number of hydrogen-bond donors (Lipinski definition) is 1. The molecular formula is C18H20FNO3. The molecule has 0 fully saturated rings. The third-order valence-electron chi connectivity index (χ3n) is 3.19. The quantitative estimate of drug-likeness (QED) is 0.798. The monoisotopic (exact) mass is 317 g/mol. The van der Waals surface area contributed by atoms with Gasteiger partial charge in [-0.1, -0.05) is 17.7 Å². The van der Waals surface area contributed by atoms with E-state index in [2.05, 4.69) is 5.32 Å². The summed E-state index contributed by atoms with van der Waals surface area (Å²) < 4.78 is 23.7. The van der Waals surface area contributed by atoms with Crippen molar-refractivity contribution in [2.75, 3.05) is 13.2 Å². The minimum absolute atomic E-state index is 0.215. The van der Waals surface area contributed by atoms with E-state index < -0.39 is 6.10 Å². The Balaban J connectivity index is 1.69. The number of amides is 1. The predicted octanol–water partition coefficient (Wildman–Crippen LogP) is 3.10. The lowest BCUT2D eigenvalue weighted by atomic mass is 10.2. The van der Waals surface area contributed by atoms with Crippen LogP contribution in [0.2, 0.25) is 0 Å². The van der Waals surface area contributed by atoms with Gasteiger partial charge in [-0.25, -0.2) is 4.39 Å². The molecule has 0 aliphatic rings. The first kappa shape index (κ1) is 16.8. The Morgan fingerprint density at radius 3 is 2.35 bits per heavy atom. The minimum atomic E-state index is -0.594. The first-order valence-corrected chi connectivity index (χ1v) is 7.44. The van der Waals surface area contributed by atoms with E-state index in [-0.39, 0.29) is 11.7 Å². The molecule has 0 bridgehead atoms. The van der Waals surface area contributed by atoms with E-state index in [1.165, 1.54) is 12.1 Å². The normalized spacial score (nSPS) is 11.6. The van der Waals surface area contributed by atoms with Crippen LogP contribution in [-0.2, 0) is 4.79 Å². The van der Waals surface area contributed by atoms with Gasteiger partial charge in [-0.2, -0.15) is 0 Å².